The monoisotopic (exact) mass is 225 g/mol. The Morgan fingerprint density at radius 3 is 2.81 bits per heavy atom. The van der Waals surface area contributed by atoms with Crippen LogP contribution in [0.2, 0.25) is 0 Å². The van der Waals surface area contributed by atoms with E-state index < -0.39 is 0 Å². The van der Waals surface area contributed by atoms with Crippen LogP contribution < -0.4 is 5.32 Å². The quantitative estimate of drug-likeness (QED) is 0.636. The average Bonchev–Trinajstić information content (AvgIpc) is 3.12. The first-order valence-corrected chi connectivity index (χ1v) is 6.17. The maximum Gasteiger partial charge on any atom is 0.108 e. The van der Waals surface area contributed by atoms with Crippen LogP contribution in [0.4, 0.5) is 0 Å². The van der Waals surface area contributed by atoms with Gasteiger partial charge in [-0.15, -0.1) is 0 Å². The summed E-state index contributed by atoms with van der Waals surface area (Å²) in [5, 5.41) is 12.3. The molecule has 0 heterocycles. The van der Waals surface area contributed by atoms with Gasteiger partial charge in [0, 0.05) is 26.2 Å². The fourth-order valence-electron chi connectivity index (χ4n) is 1.78. The SMILES string of the molecule is CCCNC(C#N)CN(CCOC)C1CC1. The summed E-state index contributed by atoms with van der Waals surface area (Å²) in [6, 6.07) is 2.98. The summed E-state index contributed by atoms with van der Waals surface area (Å²) < 4.78 is 5.10. The van der Waals surface area contributed by atoms with E-state index in [1.165, 1.54) is 12.8 Å². The molecule has 0 aliphatic heterocycles. The lowest BCUT2D eigenvalue weighted by atomic mass is 10.2. The van der Waals surface area contributed by atoms with Gasteiger partial charge in [-0.25, -0.2) is 0 Å². The molecule has 1 aliphatic carbocycles. The Morgan fingerprint density at radius 2 is 2.31 bits per heavy atom. The molecule has 0 radical (unpaired) electrons. The molecule has 1 N–H and O–H groups in total. The van der Waals surface area contributed by atoms with E-state index in [4.69, 9.17) is 10.00 Å². The molecule has 1 aliphatic rings. The first-order chi connectivity index (χ1) is 7.81. The van der Waals surface area contributed by atoms with E-state index in [1.807, 2.05) is 0 Å². The van der Waals surface area contributed by atoms with Crippen molar-refractivity contribution in [3.63, 3.8) is 0 Å². The van der Waals surface area contributed by atoms with E-state index in [0.717, 1.165) is 32.7 Å². The van der Waals surface area contributed by atoms with Crippen molar-refractivity contribution >= 4 is 0 Å². The lowest BCUT2D eigenvalue weighted by Gasteiger charge is -2.24. The third-order valence-corrected chi connectivity index (χ3v) is 2.86. The van der Waals surface area contributed by atoms with Gasteiger partial charge in [0.05, 0.1) is 12.7 Å². The third-order valence-electron chi connectivity index (χ3n) is 2.86. The zero-order valence-electron chi connectivity index (χ0n) is 10.4. The van der Waals surface area contributed by atoms with Crippen LogP contribution in [0.15, 0.2) is 0 Å². The molecule has 1 atom stereocenters. The first kappa shape index (κ1) is 13.4. The summed E-state index contributed by atoms with van der Waals surface area (Å²) in [6.07, 6.45) is 3.62. The van der Waals surface area contributed by atoms with Crippen LogP contribution in [0, 0.1) is 11.3 Å². The predicted molar refractivity (Wildman–Crippen MR) is 64.2 cm³/mol. The molecule has 92 valence electrons. The van der Waals surface area contributed by atoms with Crippen LogP contribution in [0.25, 0.3) is 0 Å². The fraction of sp³-hybridized carbons (Fsp3) is 0.917. The molecule has 0 amide bonds. The topological polar surface area (TPSA) is 48.3 Å². The van der Waals surface area contributed by atoms with E-state index in [2.05, 4.69) is 23.2 Å². The van der Waals surface area contributed by atoms with E-state index >= 15 is 0 Å². The van der Waals surface area contributed by atoms with Crippen molar-refractivity contribution in [3.05, 3.63) is 0 Å². The summed E-state index contributed by atoms with van der Waals surface area (Å²) in [5.74, 6) is 0. The van der Waals surface area contributed by atoms with Gasteiger partial charge in [0.1, 0.15) is 6.04 Å². The van der Waals surface area contributed by atoms with Gasteiger partial charge in [0.15, 0.2) is 0 Å². The van der Waals surface area contributed by atoms with Gasteiger partial charge in [0.25, 0.3) is 0 Å². The van der Waals surface area contributed by atoms with Crippen molar-refractivity contribution in [2.24, 2.45) is 0 Å². The molecule has 0 aromatic rings. The van der Waals surface area contributed by atoms with Crippen molar-refractivity contribution in [3.8, 4) is 6.07 Å². The number of ether oxygens (including phenoxy) is 1. The maximum atomic E-state index is 9.06. The predicted octanol–water partition coefficient (Wildman–Crippen LogP) is 0.989. The minimum Gasteiger partial charge on any atom is -0.383 e. The molecule has 0 aromatic carbocycles. The summed E-state index contributed by atoms with van der Waals surface area (Å²) in [7, 11) is 1.72. The van der Waals surface area contributed by atoms with Gasteiger partial charge in [-0.1, -0.05) is 6.92 Å². The lowest BCUT2D eigenvalue weighted by Crippen LogP contribution is -2.42. The summed E-state index contributed by atoms with van der Waals surface area (Å²) in [5.41, 5.74) is 0. The second-order valence-electron chi connectivity index (χ2n) is 4.35. The number of nitrogens with one attached hydrogen (secondary N) is 1. The zero-order chi connectivity index (χ0) is 11.8. The van der Waals surface area contributed by atoms with Crippen molar-refractivity contribution in [1.82, 2.24) is 10.2 Å². The van der Waals surface area contributed by atoms with E-state index in [9.17, 15) is 0 Å². The average molecular weight is 225 g/mol. The smallest absolute Gasteiger partial charge is 0.108 e. The zero-order valence-corrected chi connectivity index (χ0v) is 10.4. The standard InChI is InChI=1S/C12H23N3O/c1-3-6-14-11(9-13)10-15(7-8-16-2)12-4-5-12/h11-12,14H,3-8,10H2,1-2H3. The van der Waals surface area contributed by atoms with Crippen LogP contribution in [0.5, 0.6) is 0 Å². The maximum absolute atomic E-state index is 9.06. The number of nitrogens with zero attached hydrogens (tertiary/aromatic N) is 2. The highest BCUT2D eigenvalue weighted by Gasteiger charge is 2.30. The van der Waals surface area contributed by atoms with Gasteiger partial charge in [-0.05, 0) is 25.8 Å². The fourth-order valence-corrected chi connectivity index (χ4v) is 1.78. The second kappa shape index (κ2) is 7.61. The van der Waals surface area contributed by atoms with Crippen LogP contribution in [-0.2, 0) is 4.74 Å². The number of rotatable bonds is 9. The Balaban J connectivity index is 2.30. The number of hydrogen-bond donors (Lipinski definition) is 1. The molecule has 0 saturated heterocycles. The Bertz CT molecular complexity index is 223. The van der Waals surface area contributed by atoms with Crippen LogP contribution in [0.3, 0.4) is 0 Å². The van der Waals surface area contributed by atoms with E-state index in [0.29, 0.717) is 6.04 Å². The highest BCUT2D eigenvalue weighted by Crippen LogP contribution is 2.26. The minimum atomic E-state index is -0.0441. The van der Waals surface area contributed by atoms with Gasteiger partial charge >= 0.3 is 0 Å². The Kier molecular flexibility index (Phi) is 6.39. The normalized spacial score (nSPS) is 17.4. The van der Waals surface area contributed by atoms with Gasteiger partial charge < -0.3 is 10.1 Å². The summed E-state index contributed by atoms with van der Waals surface area (Å²) >= 11 is 0. The van der Waals surface area contributed by atoms with E-state index in [1.54, 1.807) is 7.11 Å². The molecular weight excluding hydrogens is 202 g/mol. The molecule has 1 unspecified atom stereocenters. The molecular formula is C12H23N3O. The van der Waals surface area contributed by atoms with E-state index in [-0.39, 0.29) is 6.04 Å². The van der Waals surface area contributed by atoms with Crippen molar-refractivity contribution in [2.75, 3.05) is 33.4 Å². The van der Waals surface area contributed by atoms with Crippen molar-refractivity contribution in [2.45, 2.75) is 38.3 Å². The number of nitriles is 1. The molecule has 4 heteroatoms. The second-order valence-corrected chi connectivity index (χ2v) is 4.35. The Morgan fingerprint density at radius 1 is 1.56 bits per heavy atom. The highest BCUT2D eigenvalue weighted by atomic mass is 16.5. The van der Waals surface area contributed by atoms with Gasteiger partial charge in [-0.2, -0.15) is 5.26 Å². The largest absolute Gasteiger partial charge is 0.383 e. The van der Waals surface area contributed by atoms with Crippen LogP contribution >= 0.6 is 0 Å². The molecule has 0 aromatic heterocycles. The van der Waals surface area contributed by atoms with Gasteiger partial charge in [-0.3, -0.25) is 4.90 Å². The van der Waals surface area contributed by atoms with Crippen molar-refractivity contribution in [1.29, 1.82) is 5.26 Å². The molecule has 0 spiro atoms. The van der Waals surface area contributed by atoms with Crippen LogP contribution in [0.1, 0.15) is 26.2 Å². The molecule has 1 saturated carbocycles. The van der Waals surface area contributed by atoms with Crippen molar-refractivity contribution < 1.29 is 4.74 Å². The van der Waals surface area contributed by atoms with Crippen LogP contribution in [-0.4, -0.2) is 50.3 Å². The Hall–Kier alpha value is -0.630. The summed E-state index contributed by atoms with van der Waals surface area (Å²) in [6.45, 7) is 5.55. The number of hydrogen-bond acceptors (Lipinski definition) is 4. The molecule has 4 nitrogen and oxygen atoms in total. The first-order valence-electron chi connectivity index (χ1n) is 6.17. The third kappa shape index (κ3) is 4.93. The molecule has 16 heavy (non-hydrogen) atoms. The Labute approximate surface area is 98.6 Å². The molecule has 0 bridgehead atoms. The minimum absolute atomic E-state index is 0.0441. The lowest BCUT2D eigenvalue weighted by molar-refractivity contribution is 0.140. The number of methoxy groups -OCH3 is 1. The molecule has 1 rings (SSSR count). The van der Waals surface area contributed by atoms with Gasteiger partial charge in [0.2, 0.25) is 0 Å². The molecule has 1 fully saturated rings. The summed E-state index contributed by atoms with van der Waals surface area (Å²) in [4.78, 5) is 2.38. The highest BCUT2D eigenvalue weighted by molar-refractivity contribution is 4.95.